The van der Waals surface area contributed by atoms with Crippen LogP contribution in [0.25, 0.3) is 32.7 Å². The van der Waals surface area contributed by atoms with E-state index in [1.807, 2.05) is 28.7 Å². The highest BCUT2D eigenvalue weighted by Gasteiger charge is 2.18. The van der Waals surface area contributed by atoms with Crippen molar-refractivity contribution in [2.75, 3.05) is 0 Å². The Balaban J connectivity index is 0.000000162. The number of hydrogen-bond donors (Lipinski definition) is 3. The number of rotatable bonds is 4. The second kappa shape index (κ2) is 15.4. The second-order valence-corrected chi connectivity index (χ2v) is 10.8. The van der Waals surface area contributed by atoms with E-state index >= 15 is 0 Å². The Morgan fingerprint density at radius 2 is 1.35 bits per heavy atom. The lowest BCUT2D eigenvalue weighted by Crippen LogP contribution is -2.21. The number of aromatic amines is 2. The minimum atomic E-state index is -0.490. The molecule has 3 aromatic heterocycles. The Kier molecular flexibility index (Phi) is 12.2. The number of aromatic nitrogens is 3. The van der Waals surface area contributed by atoms with Crippen LogP contribution < -0.4 is 0 Å². The molecule has 0 spiro atoms. The zero-order chi connectivity index (χ0) is 29.2. The maximum Gasteiger partial charge on any atom is 0.414 e. The minimum Gasteiger partial charge on any atom is -0.432 e. The van der Waals surface area contributed by atoms with E-state index in [4.69, 9.17) is 0 Å². The third kappa shape index (κ3) is 7.15. The summed E-state index contributed by atoms with van der Waals surface area (Å²) >= 11 is 7.18. The standard InChI is InChI=1S/C11H13BBrNO.C10H10BrN.C10H11N.CH3B/c1-3-9-11(13)8-6-4-5-7-10(8)14(9)12(2)15;1-2-8-10(11)7-5-3-4-6-9(7)12-8;1-2-9-7-8-5-3-4-6-10(8)11-9;1-2/h4-7,15H,3H2,1-2H3;3-6,12H,2H2,1H3;3-7,11H,2H2,1H3;1H3. The average molecular weight is 661 g/mol. The van der Waals surface area contributed by atoms with Crippen molar-refractivity contribution in [3.63, 3.8) is 0 Å². The molecule has 0 unspecified atom stereocenters. The Morgan fingerprint density at radius 1 is 0.750 bits per heavy atom. The first-order valence-electron chi connectivity index (χ1n) is 13.7. The lowest BCUT2D eigenvalue weighted by Gasteiger charge is -2.09. The molecule has 4 nitrogen and oxygen atoms in total. The third-order valence-electron chi connectivity index (χ3n) is 6.69. The molecule has 0 aliphatic carbocycles. The summed E-state index contributed by atoms with van der Waals surface area (Å²) in [6.45, 7) is 9.69. The molecule has 0 amide bonds. The number of halogens is 2. The van der Waals surface area contributed by atoms with Crippen LogP contribution in [-0.4, -0.2) is 34.4 Å². The van der Waals surface area contributed by atoms with Crippen LogP contribution in [0.15, 0.2) is 87.8 Å². The van der Waals surface area contributed by atoms with Gasteiger partial charge < -0.3 is 19.5 Å². The molecular weight excluding hydrogens is 624 g/mol. The molecule has 0 aliphatic rings. The van der Waals surface area contributed by atoms with Gasteiger partial charge in [-0.3, -0.25) is 0 Å². The van der Waals surface area contributed by atoms with Crippen LogP contribution in [0.2, 0.25) is 13.6 Å². The van der Waals surface area contributed by atoms with Crippen LogP contribution in [0, 0.1) is 0 Å². The lowest BCUT2D eigenvalue weighted by molar-refractivity contribution is 0.563. The van der Waals surface area contributed by atoms with Crippen LogP contribution in [0.3, 0.4) is 0 Å². The molecule has 6 rings (SSSR count). The predicted molar refractivity (Wildman–Crippen MR) is 183 cm³/mol. The Labute approximate surface area is 256 Å². The van der Waals surface area contributed by atoms with E-state index < -0.39 is 7.05 Å². The van der Waals surface area contributed by atoms with Gasteiger partial charge in [0, 0.05) is 53.3 Å². The fourth-order valence-electron chi connectivity index (χ4n) is 4.76. The zero-order valence-electron chi connectivity index (χ0n) is 23.9. The Morgan fingerprint density at radius 3 is 1.93 bits per heavy atom. The van der Waals surface area contributed by atoms with E-state index in [0.29, 0.717) is 0 Å². The highest BCUT2D eigenvalue weighted by atomic mass is 79.9. The first-order chi connectivity index (χ1) is 19.4. The van der Waals surface area contributed by atoms with Gasteiger partial charge in [0.05, 0.1) is 7.85 Å². The first kappa shape index (κ1) is 31.9. The van der Waals surface area contributed by atoms with E-state index in [9.17, 15) is 5.02 Å². The van der Waals surface area contributed by atoms with Crippen molar-refractivity contribution in [3.8, 4) is 0 Å². The van der Waals surface area contributed by atoms with Crippen LogP contribution in [0.1, 0.15) is 37.9 Å². The number of para-hydroxylation sites is 3. The van der Waals surface area contributed by atoms with Crippen molar-refractivity contribution in [3.05, 3.63) is 105 Å². The van der Waals surface area contributed by atoms with Crippen molar-refractivity contribution in [1.29, 1.82) is 0 Å². The van der Waals surface area contributed by atoms with Crippen molar-refractivity contribution in [1.82, 2.24) is 14.4 Å². The summed E-state index contributed by atoms with van der Waals surface area (Å²) in [5, 5.41) is 13.5. The Hall–Kier alpha value is -2.67. The minimum absolute atomic E-state index is 0.490. The number of nitrogens with zero attached hydrogens (tertiary/aromatic N) is 1. The quantitative estimate of drug-likeness (QED) is 0.162. The van der Waals surface area contributed by atoms with Crippen molar-refractivity contribution < 1.29 is 5.02 Å². The Bertz CT molecular complexity index is 1620. The predicted octanol–water partition coefficient (Wildman–Crippen LogP) is 9.35. The maximum atomic E-state index is 9.79. The van der Waals surface area contributed by atoms with Gasteiger partial charge in [-0.25, -0.2) is 0 Å². The third-order valence-corrected chi connectivity index (χ3v) is 8.48. The number of aryl methyl sites for hydroxylation is 2. The van der Waals surface area contributed by atoms with E-state index in [2.05, 4.69) is 125 Å². The molecule has 0 atom stereocenters. The van der Waals surface area contributed by atoms with Gasteiger partial charge in [0.1, 0.15) is 0 Å². The molecule has 206 valence electrons. The molecule has 6 aromatic rings. The summed E-state index contributed by atoms with van der Waals surface area (Å²) in [4.78, 5) is 6.71. The van der Waals surface area contributed by atoms with Crippen molar-refractivity contribution in [2.24, 2.45) is 0 Å². The van der Waals surface area contributed by atoms with Gasteiger partial charge in [-0.05, 0) is 87.6 Å². The molecule has 3 N–H and O–H groups in total. The molecule has 0 bridgehead atoms. The highest BCUT2D eigenvalue weighted by molar-refractivity contribution is 9.11. The van der Waals surface area contributed by atoms with Crippen molar-refractivity contribution >= 4 is 79.5 Å². The number of nitrogens with one attached hydrogen (secondary N) is 2. The normalized spacial score (nSPS) is 10.4. The monoisotopic (exact) mass is 659 g/mol. The van der Waals surface area contributed by atoms with E-state index in [-0.39, 0.29) is 0 Å². The largest absolute Gasteiger partial charge is 0.432 e. The molecule has 0 fully saturated rings. The summed E-state index contributed by atoms with van der Waals surface area (Å²) in [5.74, 6) is 0. The number of benzene rings is 3. The molecule has 8 heteroatoms. The van der Waals surface area contributed by atoms with Gasteiger partial charge >= 0.3 is 7.05 Å². The lowest BCUT2D eigenvalue weighted by atomic mass is 9.87. The number of H-pyrrole nitrogens is 2. The van der Waals surface area contributed by atoms with E-state index in [0.717, 1.165) is 40.3 Å². The summed E-state index contributed by atoms with van der Waals surface area (Å²) in [6.07, 6.45) is 3.02. The van der Waals surface area contributed by atoms with Gasteiger partial charge in [-0.15, -0.1) is 0 Å². The maximum absolute atomic E-state index is 9.79. The fraction of sp³-hybridized carbons (Fsp3) is 0.250. The van der Waals surface area contributed by atoms with Gasteiger partial charge in [0.2, 0.25) is 0 Å². The molecule has 40 heavy (non-hydrogen) atoms. The molecule has 2 radical (unpaired) electrons. The zero-order valence-corrected chi connectivity index (χ0v) is 27.1. The average Bonchev–Trinajstić information content (AvgIpc) is 3.66. The smallest absolute Gasteiger partial charge is 0.414 e. The van der Waals surface area contributed by atoms with Crippen LogP contribution >= 0.6 is 31.9 Å². The summed E-state index contributed by atoms with van der Waals surface area (Å²) in [5.41, 5.74) is 7.26. The van der Waals surface area contributed by atoms with Crippen LogP contribution in [0.5, 0.6) is 0 Å². The van der Waals surface area contributed by atoms with Crippen molar-refractivity contribution in [2.45, 2.75) is 53.7 Å². The molecule has 0 saturated carbocycles. The van der Waals surface area contributed by atoms with Crippen LogP contribution in [0.4, 0.5) is 0 Å². The SMILES string of the molecule is CCc1[nH]c2ccccc2c1Br.CCc1c(Br)c2ccccc2n1B(C)O.CCc1cc2ccccc2[nH]1.[B]C. The molecule has 3 aromatic carbocycles. The molecule has 0 aliphatic heterocycles. The molecular formula is C32H37B2Br2N3O. The van der Waals surface area contributed by atoms with Gasteiger partial charge in [0.25, 0.3) is 0 Å². The van der Waals surface area contributed by atoms with Gasteiger partial charge in [-0.1, -0.05) is 82.2 Å². The fourth-order valence-corrected chi connectivity index (χ4v) is 6.29. The van der Waals surface area contributed by atoms with Gasteiger partial charge in [0.15, 0.2) is 0 Å². The summed E-state index contributed by atoms with van der Waals surface area (Å²) in [7, 11) is 4.01. The van der Waals surface area contributed by atoms with Gasteiger partial charge in [-0.2, -0.15) is 0 Å². The highest BCUT2D eigenvalue weighted by Crippen LogP contribution is 2.31. The summed E-state index contributed by atoms with van der Waals surface area (Å²) < 4.78 is 4.28. The first-order valence-corrected chi connectivity index (χ1v) is 15.3. The topological polar surface area (TPSA) is 56.7 Å². The number of hydrogen-bond acceptors (Lipinski definition) is 1. The molecule has 3 heterocycles. The second-order valence-electron chi connectivity index (χ2n) is 9.19. The molecule has 0 saturated heterocycles. The van der Waals surface area contributed by atoms with Crippen LogP contribution in [-0.2, 0) is 19.3 Å². The van der Waals surface area contributed by atoms with E-state index in [1.54, 1.807) is 6.82 Å². The summed E-state index contributed by atoms with van der Waals surface area (Å²) in [6, 6.07) is 27.0. The van der Waals surface area contributed by atoms with E-state index in [1.165, 1.54) is 44.5 Å². The number of fused-ring (bicyclic) bond motifs is 3.